The van der Waals surface area contributed by atoms with E-state index >= 15 is 0 Å². The van der Waals surface area contributed by atoms with Gasteiger partial charge in [-0.1, -0.05) is 23.5 Å². The number of benzene rings is 1. The van der Waals surface area contributed by atoms with Crippen LogP contribution in [0.3, 0.4) is 0 Å². The van der Waals surface area contributed by atoms with Gasteiger partial charge in [0, 0.05) is 19.6 Å². The van der Waals surface area contributed by atoms with Crippen LogP contribution in [0.4, 0.5) is 15.6 Å². The molecular formula is C16H21N5O2S. The summed E-state index contributed by atoms with van der Waals surface area (Å²) >= 11 is 1.36. The number of rotatable bonds is 5. The second kappa shape index (κ2) is 7.48. The quantitative estimate of drug-likeness (QED) is 0.869. The molecule has 1 aliphatic rings. The van der Waals surface area contributed by atoms with Crippen LogP contribution in [0.2, 0.25) is 0 Å². The second-order valence-electron chi connectivity index (χ2n) is 5.73. The van der Waals surface area contributed by atoms with Crippen molar-refractivity contribution >= 4 is 28.2 Å². The van der Waals surface area contributed by atoms with Crippen molar-refractivity contribution in [2.45, 2.75) is 13.3 Å². The molecule has 2 heterocycles. The van der Waals surface area contributed by atoms with Crippen LogP contribution >= 0.6 is 11.3 Å². The molecular weight excluding hydrogens is 326 g/mol. The number of ether oxygens (including phenoxy) is 1. The normalized spacial score (nSPS) is 16.9. The molecule has 24 heavy (non-hydrogen) atoms. The lowest BCUT2D eigenvalue weighted by Gasteiger charge is -2.21. The minimum Gasteiger partial charge on any atom is -0.495 e. The molecule has 1 saturated heterocycles. The number of nitrogens with one attached hydrogen (secondary N) is 2. The van der Waals surface area contributed by atoms with Crippen molar-refractivity contribution in [2.75, 3.05) is 37.0 Å². The van der Waals surface area contributed by atoms with Gasteiger partial charge in [-0.3, -0.25) is 5.32 Å². The Kier molecular flexibility index (Phi) is 5.14. The highest BCUT2D eigenvalue weighted by Gasteiger charge is 2.24. The average molecular weight is 347 g/mol. The molecule has 1 fully saturated rings. The van der Waals surface area contributed by atoms with Gasteiger partial charge in [0.25, 0.3) is 0 Å². The molecule has 1 aliphatic heterocycles. The monoisotopic (exact) mass is 347 g/mol. The maximum absolute atomic E-state index is 11.9. The molecule has 3 rings (SSSR count). The van der Waals surface area contributed by atoms with Gasteiger partial charge in [-0.05, 0) is 31.4 Å². The number of aryl methyl sites for hydroxylation is 1. The lowest BCUT2D eigenvalue weighted by molar-refractivity contribution is 0.250. The minimum atomic E-state index is -0.234. The molecule has 2 amide bonds. The van der Waals surface area contributed by atoms with Crippen molar-refractivity contribution in [1.29, 1.82) is 0 Å². The van der Waals surface area contributed by atoms with Crippen LogP contribution in [-0.4, -0.2) is 43.0 Å². The third kappa shape index (κ3) is 3.94. The topological polar surface area (TPSA) is 79.4 Å². The summed E-state index contributed by atoms with van der Waals surface area (Å²) in [6.45, 7) is 4.35. The summed E-state index contributed by atoms with van der Waals surface area (Å²) in [7, 11) is 1.69. The van der Waals surface area contributed by atoms with E-state index in [-0.39, 0.29) is 6.03 Å². The largest absolute Gasteiger partial charge is 0.495 e. The zero-order chi connectivity index (χ0) is 16.9. The minimum absolute atomic E-state index is 0.234. The number of aromatic nitrogens is 2. The zero-order valence-electron chi connectivity index (χ0n) is 13.8. The van der Waals surface area contributed by atoms with Crippen LogP contribution in [-0.2, 0) is 0 Å². The van der Waals surface area contributed by atoms with E-state index in [9.17, 15) is 4.79 Å². The summed E-state index contributed by atoms with van der Waals surface area (Å²) < 4.78 is 5.43. The van der Waals surface area contributed by atoms with Gasteiger partial charge in [0.1, 0.15) is 10.8 Å². The van der Waals surface area contributed by atoms with Gasteiger partial charge in [0.15, 0.2) is 0 Å². The standard InChI is InChI=1S/C16H21N5O2S/c1-11-19-20-16(24-11)18-15(22)17-9-12-7-8-21(10-12)13-5-3-4-6-14(13)23-2/h3-6,12H,7-10H2,1-2H3,(H2,17,18,20,22). The van der Waals surface area contributed by atoms with Gasteiger partial charge < -0.3 is 15.0 Å². The number of carbonyl (C=O) groups excluding carboxylic acids is 1. The maximum atomic E-state index is 11.9. The number of anilines is 2. The van der Waals surface area contributed by atoms with Gasteiger partial charge in [-0.2, -0.15) is 0 Å². The summed E-state index contributed by atoms with van der Waals surface area (Å²) in [4.78, 5) is 14.2. The zero-order valence-corrected chi connectivity index (χ0v) is 14.6. The summed E-state index contributed by atoms with van der Waals surface area (Å²) in [6, 6.07) is 7.79. The Labute approximate surface area is 145 Å². The lowest BCUT2D eigenvalue weighted by atomic mass is 10.1. The molecule has 1 aromatic heterocycles. The van der Waals surface area contributed by atoms with Crippen molar-refractivity contribution in [3.8, 4) is 5.75 Å². The highest BCUT2D eigenvalue weighted by atomic mass is 32.1. The fraction of sp³-hybridized carbons (Fsp3) is 0.438. The number of methoxy groups -OCH3 is 1. The Hall–Kier alpha value is -2.35. The van der Waals surface area contributed by atoms with Gasteiger partial charge in [0.05, 0.1) is 12.8 Å². The Morgan fingerprint density at radius 2 is 2.25 bits per heavy atom. The molecule has 128 valence electrons. The predicted molar refractivity (Wildman–Crippen MR) is 95.0 cm³/mol. The Bertz CT molecular complexity index is 705. The molecule has 0 bridgehead atoms. The van der Waals surface area contributed by atoms with E-state index in [1.807, 2.05) is 25.1 Å². The van der Waals surface area contributed by atoms with Gasteiger partial charge in [0.2, 0.25) is 5.13 Å². The van der Waals surface area contributed by atoms with Gasteiger partial charge >= 0.3 is 6.03 Å². The Morgan fingerprint density at radius 1 is 1.42 bits per heavy atom. The molecule has 8 heteroatoms. The van der Waals surface area contributed by atoms with E-state index in [0.717, 1.165) is 36.0 Å². The molecule has 0 aliphatic carbocycles. The first kappa shape index (κ1) is 16.5. The highest BCUT2D eigenvalue weighted by molar-refractivity contribution is 7.15. The van der Waals surface area contributed by atoms with Crippen LogP contribution in [0.15, 0.2) is 24.3 Å². The van der Waals surface area contributed by atoms with E-state index < -0.39 is 0 Å². The summed E-state index contributed by atoms with van der Waals surface area (Å²) in [5, 5.41) is 14.7. The van der Waals surface area contributed by atoms with Crippen LogP contribution < -0.4 is 20.3 Å². The molecule has 2 N–H and O–H groups in total. The molecule has 1 atom stereocenters. The first-order valence-corrected chi connectivity index (χ1v) is 8.70. The van der Waals surface area contributed by atoms with Crippen molar-refractivity contribution < 1.29 is 9.53 Å². The van der Waals surface area contributed by atoms with Crippen LogP contribution in [0.25, 0.3) is 0 Å². The van der Waals surface area contributed by atoms with E-state index in [1.165, 1.54) is 11.3 Å². The number of urea groups is 1. The highest BCUT2D eigenvalue weighted by Crippen LogP contribution is 2.31. The molecule has 1 aromatic carbocycles. The smallest absolute Gasteiger partial charge is 0.321 e. The van der Waals surface area contributed by atoms with Crippen LogP contribution in [0.1, 0.15) is 11.4 Å². The predicted octanol–water partition coefficient (Wildman–Crippen LogP) is 2.50. The van der Waals surface area contributed by atoms with Crippen LogP contribution in [0, 0.1) is 12.8 Å². The van der Waals surface area contributed by atoms with Gasteiger partial charge in [-0.25, -0.2) is 4.79 Å². The van der Waals surface area contributed by atoms with Crippen molar-refractivity contribution in [3.63, 3.8) is 0 Å². The van der Waals surface area contributed by atoms with E-state index in [0.29, 0.717) is 17.6 Å². The van der Waals surface area contributed by atoms with Crippen LogP contribution in [0.5, 0.6) is 5.75 Å². The summed E-state index contributed by atoms with van der Waals surface area (Å²) in [5.41, 5.74) is 1.11. The SMILES string of the molecule is COc1ccccc1N1CCC(CNC(=O)Nc2nnc(C)s2)C1. The molecule has 0 saturated carbocycles. The first-order valence-electron chi connectivity index (χ1n) is 7.88. The number of nitrogens with zero attached hydrogens (tertiary/aromatic N) is 3. The molecule has 2 aromatic rings. The average Bonchev–Trinajstić information content (AvgIpc) is 3.22. The van der Waals surface area contributed by atoms with Crippen molar-refractivity contribution in [3.05, 3.63) is 29.3 Å². The first-order chi connectivity index (χ1) is 11.7. The molecule has 0 radical (unpaired) electrons. The summed E-state index contributed by atoms with van der Waals surface area (Å²) in [5.74, 6) is 1.30. The Balaban J connectivity index is 1.48. The Morgan fingerprint density at radius 3 is 3.00 bits per heavy atom. The molecule has 1 unspecified atom stereocenters. The third-order valence-electron chi connectivity index (χ3n) is 4.01. The third-order valence-corrected chi connectivity index (χ3v) is 4.76. The fourth-order valence-corrected chi connectivity index (χ4v) is 3.42. The van der Waals surface area contributed by atoms with Gasteiger partial charge in [-0.15, -0.1) is 10.2 Å². The molecule has 0 spiro atoms. The number of hydrogen-bond acceptors (Lipinski definition) is 6. The fourth-order valence-electron chi connectivity index (χ4n) is 2.83. The number of amides is 2. The maximum Gasteiger partial charge on any atom is 0.321 e. The number of carbonyl (C=O) groups is 1. The van der Waals surface area contributed by atoms with E-state index in [4.69, 9.17) is 4.74 Å². The number of hydrogen-bond donors (Lipinski definition) is 2. The molecule has 7 nitrogen and oxygen atoms in total. The second-order valence-corrected chi connectivity index (χ2v) is 6.92. The lowest BCUT2D eigenvalue weighted by Crippen LogP contribution is -2.34. The van der Waals surface area contributed by atoms with E-state index in [2.05, 4.69) is 31.8 Å². The van der Waals surface area contributed by atoms with Crippen molar-refractivity contribution in [2.24, 2.45) is 5.92 Å². The number of para-hydroxylation sites is 2. The summed E-state index contributed by atoms with van der Waals surface area (Å²) in [6.07, 6.45) is 1.04. The van der Waals surface area contributed by atoms with Crippen molar-refractivity contribution in [1.82, 2.24) is 15.5 Å². The van der Waals surface area contributed by atoms with E-state index in [1.54, 1.807) is 7.11 Å².